The molecular weight excluding hydrogens is 272 g/mol. The Balaban J connectivity index is 1.74. The van der Waals surface area contributed by atoms with Crippen LogP contribution in [0.5, 0.6) is 0 Å². The van der Waals surface area contributed by atoms with E-state index in [4.69, 9.17) is 0 Å². The molecule has 2 rings (SSSR count). The summed E-state index contributed by atoms with van der Waals surface area (Å²) >= 11 is 0. The van der Waals surface area contributed by atoms with E-state index >= 15 is 0 Å². The minimum absolute atomic E-state index is 0.0722. The molecular formula is C19H24N2O. The van der Waals surface area contributed by atoms with Crippen LogP contribution in [0.3, 0.4) is 0 Å². The summed E-state index contributed by atoms with van der Waals surface area (Å²) in [6.45, 7) is 5.43. The van der Waals surface area contributed by atoms with E-state index in [9.17, 15) is 4.79 Å². The maximum atomic E-state index is 11.9. The van der Waals surface area contributed by atoms with Gasteiger partial charge in [-0.1, -0.05) is 55.0 Å². The molecule has 0 spiro atoms. The first-order valence-electron chi connectivity index (χ1n) is 7.83. The summed E-state index contributed by atoms with van der Waals surface area (Å²) in [6, 6.07) is 16.4. The fourth-order valence-corrected chi connectivity index (χ4v) is 2.42. The molecule has 0 radical (unpaired) electrons. The maximum absolute atomic E-state index is 11.9. The smallest absolute Gasteiger partial charge is 0.222 e. The van der Waals surface area contributed by atoms with Crippen LogP contribution in [0.4, 0.5) is 5.69 Å². The summed E-state index contributed by atoms with van der Waals surface area (Å²) in [5, 5.41) is 6.30. The van der Waals surface area contributed by atoms with E-state index in [1.807, 2.05) is 24.3 Å². The van der Waals surface area contributed by atoms with Crippen molar-refractivity contribution >= 4 is 11.6 Å². The number of rotatable bonds is 7. The second-order valence-corrected chi connectivity index (χ2v) is 5.45. The first kappa shape index (κ1) is 16.1. The van der Waals surface area contributed by atoms with Crippen molar-refractivity contribution in [1.82, 2.24) is 5.32 Å². The van der Waals surface area contributed by atoms with E-state index in [1.54, 1.807) is 0 Å². The number of amides is 1. The molecule has 0 aliphatic carbocycles. The lowest BCUT2D eigenvalue weighted by atomic mass is 10.1. The molecule has 3 nitrogen and oxygen atoms in total. The van der Waals surface area contributed by atoms with Gasteiger partial charge in [-0.3, -0.25) is 4.79 Å². The maximum Gasteiger partial charge on any atom is 0.222 e. The van der Waals surface area contributed by atoms with Gasteiger partial charge in [0.15, 0.2) is 0 Å². The second kappa shape index (κ2) is 8.23. The molecule has 0 saturated heterocycles. The molecule has 0 aliphatic heterocycles. The quantitative estimate of drug-likeness (QED) is 0.818. The van der Waals surface area contributed by atoms with Crippen LogP contribution >= 0.6 is 0 Å². The van der Waals surface area contributed by atoms with Crippen LogP contribution in [-0.4, -0.2) is 12.5 Å². The van der Waals surface area contributed by atoms with Gasteiger partial charge in [0.05, 0.1) is 0 Å². The third-order valence-electron chi connectivity index (χ3n) is 3.64. The number of nitrogens with one attached hydrogen (secondary N) is 2. The summed E-state index contributed by atoms with van der Waals surface area (Å²) < 4.78 is 0. The third-order valence-corrected chi connectivity index (χ3v) is 3.64. The van der Waals surface area contributed by atoms with Crippen LogP contribution in [0.2, 0.25) is 0 Å². The number of anilines is 1. The van der Waals surface area contributed by atoms with Crippen LogP contribution in [-0.2, 0) is 17.8 Å². The fourth-order valence-electron chi connectivity index (χ4n) is 2.42. The molecule has 0 atom stereocenters. The fraction of sp³-hybridized carbons (Fsp3) is 0.316. The van der Waals surface area contributed by atoms with Gasteiger partial charge in [0.25, 0.3) is 0 Å². The van der Waals surface area contributed by atoms with E-state index in [1.165, 1.54) is 11.1 Å². The number of para-hydroxylation sites is 1. The average molecular weight is 296 g/mol. The molecule has 3 heteroatoms. The van der Waals surface area contributed by atoms with Gasteiger partial charge in [-0.15, -0.1) is 0 Å². The van der Waals surface area contributed by atoms with E-state index < -0.39 is 0 Å². The Morgan fingerprint density at radius 3 is 2.68 bits per heavy atom. The zero-order valence-corrected chi connectivity index (χ0v) is 13.4. The van der Waals surface area contributed by atoms with Gasteiger partial charge in [-0.2, -0.15) is 0 Å². The number of benzene rings is 2. The Kier molecular flexibility index (Phi) is 6.01. The molecule has 116 valence electrons. The number of carbonyl (C=O) groups is 1. The summed E-state index contributed by atoms with van der Waals surface area (Å²) in [5.74, 6) is 0.0722. The predicted octanol–water partition coefficient (Wildman–Crippen LogP) is 3.68. The molecule has 2 N–H and O–H groups in total. The highest BCUT2D eigenvalue weighted by Crippen LogP contribution is 2.15. The summed E-state index contributed by atoms with van der Waals surface area (Å²) in [4.78, 5) is 11.9. The van der Waals surface area contributed by atoms with Crippen molar-refractivity contribution in [1.29, 1.82) is 0 Å². The summed E-state index contributed by atoms with van der Waals surface area (Å²) in [5.41, 5.74) is 4.75. The first-order chi connectivity index (χ1) is 10.7. The molecule has 0 fully saturated rings. The van der Waals surface area contributed by atoms with Gasteiger partial charge in [0, 0.05) is 25.2 Å². The van der Waals surface area contributed by atoms with Crippen LogP contribution in [0.25, 0.3) is 0 Å². The Morgan fingerprint density at radius 1 is 1.09 bits per heavy atom. The predicted molar refractivity (Wildman–Crippen MR) is 92.0 cm³/mol. The van der Waals surface area contributed by atoms with E-state index in [0.717, 1.165) is 17.7 Å². The van der Waals surface area contributed by atoms with E-state index in [-0.39, 0.29) is 5.91 Å². The summed E-state index contributed by atoms with van der Waals surface area (Å²) in [7, 11) is 0. The minimum Gasteiger partial charge on any atom is -0.384 e. The number of hydrogen-bond acceptors (Lipinski definition) is 2. The van der Waals surface area contributed by atoms with Gasteiger partial charge in [-0.25, -0.2) is 0 Å². The van der Waals surface area contributed by atoms with Crippen molar-refractivity contribution in [3.05, 3.63) is 65.2 Å². The highest BCUT2D eigenvalue weighted by atomic mass is 16.1. The monoisotopic (exact) mass is 296 g/mol. The van der Waals surface area contributed by atoms with Gasteiger partial charge in [-0.05, 0) is 30.5 Å². The zero-order chi connectivity index (χ0) is 15.8. The standard InChI is InChI=1S/C19H24N2O/c1-3-17-9-4-5-10-18(17)20-12-11-19(22)21-14-16-8-6-7-15(2)13-16/h4-10,13,20H,3,11-12,14H2,1-2H3,(H,21,22). The molecule has 22 heavy (non-hydrogen) atoms. The van der Waals surface area contributed by atoms with Crippen LogP contribution in [0, 0.1) is 6.92 Å². The third kappa shape index (κ3) is 4.92. The second-order valence-electron chi connectivity index (χ2n) is 5.45. The number of carbonyl (C=O) groups excluding carboxylic acids is 1. The molecule has 0 bridgehead atoms. The Bertz CT molecular complexity index is 622. The minimum atomic E-state index is 0.0722. The molecule has 2 aromatic rings. The van der Waals surface area contributed by atoms with Crippen molar-refractivity contribution in [2.75, 3.05) is 11.9 Å². The van der Waals surface area contributed by atoms with Gasteiger partial charge < -0.3 is 10.6 Å². The number of aryl methyl sites for hydroxylation is 2. The lowest BCUT2D eigenvalue weighted by molar-refractivity contribution is -0.121. The Labute approximate surface area is 132 Å². The zero-order valence-electron chi connectivity index (χ0n) is 13.4. The van der Waals surface area contributed by atoms with E-state index in [0.29, 0.717) is 19.5 Å². The van der Waals surface area contributed by atoms with Crippen molar-refractivity contribution in [3.8, 4) is 0 Å². The van der Waals surface area contributed by atoms with Crippen molar-refractivity contribution in [2.45, 2.75) is 33.2 Å². The SMILES string of the molecule is CCc1ccccc1NCCC(=O)NCc1cccc(C)c1. The van der Waals surface area contributed by atoms with Crippen molar-refractivity contribution in [3.63, 3.8) is 0 Å². The summed E-state index contributed by atoms with van der Waals surface area (Å²) in [6.07, 6.45) is 1.46. The van der Waals surface area contributed by atoms with E-state index in [2.05, 4.69) is 48.7 Å². The van der Waals surface area contributed by atoms with Crippen LogP contribution in [0.1, 0.15) is 30.0 Å². The van der Waals surface area contributed by atoms with Crippen molar-refractivity contribution < 1.29 is 4.79 Å². The molecule has 2 aromatic carbocycles. The normalized spacial score (nSPS) is 10.3. The lowest BCUT2D eigenvalue weighted by Gasteiger charge is -2.11. The topological polar surface area (TPSA) is 41.1 Å². The molecule has 0 unspecified atom stereocenters. The molecule has 0 aliphatic rings. The first-order valence-corrected chi connectivity index (χ1v) is 7.83. The number of hydrogen-bond donors (Lipinski definition) is 2. The van der Waals surface area contributed by atoms with Crippen LogP contribution in [0.15, 0.2) is 48.5 Å². The van der Waals surface area contributed by atoms with Gasteiger partial charge in [0.1, 0.15) is 0 Å². The Hall–Kier alpha value is -2.29. The largest absolute Gasteiger partial charge is 0.384 e. The van der Waals surface area contributed by atoms with Gasteiger partial charge in [0.2, 0.25) is 5.91 Å². The van der Waals surface area contributed by atoms with Crippen LogP contribution < -0.4 is 10.6 Å². The molecule has 0 aromatic heterocycles. The molecule has 0 heterocycles. The Morgan fingerprint density at radius 2 is 1.91 bits per heavy atom. The highest BCUT2D eigenvalue weighted by molar-refractivity contribution is 5.76. The highest BCUT2D eigenvalue weighted by Gasteiger charge is 2.03. The van der Waals surface area contributed by atoms with Gasteiger partial charge >= 0.3 is 0 Å². The lowest BCUT2D eigenvalue weighted by Crippen LogP contribution is -2.25. The molecule has 0 saturated carbocycles. The average Bonchev–Trinajstić information content (AvgIpc) is 2.53. The molecule has 1 amide bonds. The van der Waals surface area contributed by atoms with Crippen molar-refractivity contribution in [2.24, 2.45) is 0 Å².